The van der Waals surface area contributed by atoms with Crippen molar-refractivity contribution in [2.24, 2.45) is 5.41 Å². The summed E-state index contributed by atoms with van der Waals surface area (Å²) < 4.78 is 0. The molecule has 1 aromatic rings. The normalized spacial score (nSPS) is 25.9. The first-order chi connectivity index (χ1) is 14.1. The fourth-order valence-electron chi connectivity index (χ4n) is 4.99. The Morgan fingerprint density at radius 1 is 1.20 bits per heavy atom. The van der Waals surface area contributed by atoms with Crippen molar-refractivity contribution < 1.29 is 24.7 Å². The van der Waals surface area contributed by atoms with Gasteiger partial charge in [0.2, 0.25) is 5.91 Å². The molecule has 3 aliphatic rings. The van der Waals surface area contributed by atoms with E-state index in [1.165, 1.54) is 9.80 Å². The van der Waals surface area contributed by atoms with Crippen LogP contribution < -0.4 is 5.32 Å². The number of carbonyl (C=O) groups excluding carboxylic acids is 2. The molecule has 4 amide bonds. The molecule has 9 nitrogen and oxygen atoms in total. The zero-order valence-electron chi connectivity index (χ0n) is 17.5. The molecule has 3 N–H and O–H groups in total. The van der Waals surface area contributed by atoms with Crippen LogP contribution in [-0.4, -0.2) is 68.4 Å². The number of carboxylic acid groups (broad SMARTS) is 1. The Labute approximate surface area is 175 Å². The Hall–Kier alpha value is -2.81. The first-order valence-corrected chi connectivity index (χ1v) is 10.3. The zero-order chi connectivity index (χ0) is 21.8. The van der Waals surface area contributed by atoms with Gasteiger partial charge >= 0.3 is 12.1 Å². The summed E-state index contributed by atoms with van der Waals surface area (Å²) in [5.74, 6) is -0.271. The monoisotopic (exact) mass is 416 g/mol. The lowest BCUT2D eigenvalue weighted by Gasteiger charge is -2.43. The maximum atomic E-state index is 12.8. The van der Waals surface area contributed by atoms with Crippen LogP contribution in [0, 0.1) is 5.41 Å². The molecular formula is C21H28N4O5. The predicted octanol–water partition coefficient (Wildman–Crippen LogP) is 2.91. The van der Waals surface area contributed by atoms with Crippen LogP contribution in [0.5, 0.6) is 0 Å². The summed E-state index contributed by atoms with van der Waals surface area (Å²) in [5, 5.41) is 23.1. The first kappa shape index (κ1) is 20.5. The third-order valence-electron chi connectivity index (χ3n) is 6.35. The van der Waals surface area contributed by atoms with Crippen molar-refractivity contribution >= 4 is 23.7 Å². The van der Waals surface area contributed by atoms with E-state index in [1.807, 2.05) is 32.9 Å². The van der Waals surface area contributed by atoms with Gasteiger partial charge in [-0.3, -0.25) is 10.0 Å². The van der Waals surface area contributed by atoms with Crippen molar-refractivity contribution in [3.05, 3.63) is 29.3 Å². The fourth-order valence-corrected chi connectivity index (χ4v) is 4.99. The topological polar surface area (TPSA) is 113 Å². The van der Waals surface area contributed by atoms with Gasteiger partial charge in [-0.05, 0) is 47.9 Å². The average molecular weight is 416 g/mol. The van der Waals surface area contributed by atoms with Gasteiger partial charge in [-0.25, -0.2) is 14.7 Å². The summed E-state index contributed by atoms with van der Waals surface area (Å²) in [7, 11) is 0. The summed E-state index contributed by atoms with van der Waals surface area (Å²) in [4.78, 5) is 39.6. The predicted molar refractivity (Wildman–Crippen MR) is 108 cm³/mol. The Balaban J connectivity index is 1.54. The SMILES string of the molecule is CC(C)(C)C1c2ccc(NC(=O)[C@@H]3CC[C@@H]4CN3C(=O)N4O)cc2CCN1C(=O)O. The summed E-state index contributed by atoms with van der Waals surface area (Å²) in [5.41, 5.74) is 2.33. The first-order valence-electron chi connectivity index (χ1n) is 10.3. The van der Waals surface area contributed by atoms with Gasteiger partial charge in [0.25, 0.3) is 0 Å². The molecule has 0 aromatic heterocycles. The Bertz CT molecular complexity index is 896. The van der Waals surface area contributed by atoms with Crippen LogP contribution >= 0.6 is 0 Å². The molecule has 1 aromatic carbocycles. The van der Waals surface area contributed by atoms with E-state index in [1.54, 1.807) is 6.07 Å². The largest absolute Gasteiger partial charge is 0.465 e. The number of hydrogen-bond acceptors (Lipinski definition) is 4. The lowest BCUT2D eigenvalue weighted by Crippen LogP contribution is -2.47. The number of anilines is 1. The molecule has 3 aliphatic heterocycles. The molecule has 2 saturated heterocycles. The highest BCUT2D eigenvalue weighted by molar-refractivity contribution is 5.97. The number of piperidine rings is 1. The van der Waals surface area contributed by atoms with Crippen molar-refractivity contribution in [2.75, 3.05) is 18.4 Å². The summed E-state index contributed by atoms with van der Waals surface area (Å²) >= 11 is 0. The van der Waals surface area contributed by atoms with Crippen LogP contribution in [0.4, 0.5) is 15.3 Å². The van der Waals surface area contributed by atoms with Gasteiger partial charge in [0.1, 0.15) is 6.04 Å². The number of benzene rings is 1. The van der Waals surface area contributed by atoms with Crippen molar-refractivity contribution in [1.29, 1.82) is 0 Å². The molecule has 0 radical (unpaired) electrons. The molecule has 0 spiro atoms. The molecule has 30 heavy (non-hydrogen) atoms. The second-order valence-corrected chi connectivity index (χ2v) is 9.42. The molecule has 4 rings (SSSR count). The highest BCUT2D eigenvalue weighted by Crippen LogP contribution is 2.43. The highest BCUT2D eigenvalue weighted by atomic mass is 16.5. The number of nitrogens with one attached hydrogen (secondary N) is 1. The molecule has 0 aliphatic carbocycles. The van der Waals surface area contributed by atoms with Crippen LogP contribution in [0.1, 0.15) is 50.8 Å². The molecule has 0 saturated carbocycles. The third kappa shape index (κ3) is 3.36. The lowest BCUT2D eigenvalue weighted by molar-refractivity contribution is -0.120. The van der Waals surface area contributed by atoms with Crippen molar-refractivity contribution in [1.82, 2.24) is 14.9 Å². The van der Waals surface area contributed by atoms with Crippen LogP contribution in [-0.2, 0) is 11.2 Å². The third-order valence-corrected chi connectivity index (χ3v) is 6.35. The minimum Gasteiger partial charge on any atom is -0.465 e. The quantitative estimate of drug-likeness (QED) is 0.642. The maximum Gasteiger partial charge on any atom is 0.407 e. The van der Waals surface area contributed by atoms with Gasteiger partial charge in [-0.15, -0.1) is 0 Å². The number of fused-ring (bicyclic) bond motifs is 3. The number of carbonyl (C=O) groups is 3. The molecule has 3 atom stereocenters. The van der Waals surface area contributed by atoms with Crippen LogP contribution in [0.2, 0.25) is 0 Å². The molecule has 1 unspecified atom stereocenters. The van der Waals surface area contributed by atoms with E-state index in [-0.39, 0.29) is 23.4 Å². The van der Waals surface area contributed by atoms with Crippen LogP contribution in [0.25, 0.3) is 0 Å². The molecule has 2 fully saturated rings. The smallest absolute Gasteiger partial charge is 0.407 e. The van der Waals surface area contributed by atoms with E-state index in [4.69, 9.17) is 0 Å². The highest BCUT2D eigenvalue weighted by Gasteiger charge is 2.47. The van der Waals surface area contributed by atoms with Crippen LogP contribution in [0.3, 0.4) is 0 Å². The van der Waals surface area contributed by atoms with E-state index in [9.17, 15) is 24.7 Å². The van der Waals surface area contributed by atoms with E-state index in [0.717, 1.165) is 16.2 Å². The standard InChI is InChI=1S/C21H28N4O5/c1-21(2,3)17-15-6-4-13(10-12(15)8-9-23(17)20(28)29)22-18(26)16-7-5-14-11-24(16)19(27)25(14)30/h4,6,10,14,16-17,30H,5,7-9,11H2,1-3H3,(H,22,26)(H,28,29)/t14-,16+,17?/m1/s1. The van der Waals surface area contributed by atoms with Gasteiger partial charge in [0.05, 0.1) is 12.1 Å². The molecular weight excluding hydrogens is 388 g/mol. The van der Waals surface area contributed by atoms with Crippen molar-refractivity contribution in [3.8, 4) is 0 Å². The second kappa shape index (κ2) is 7.16. The zero-order valence-corrected chi connectivity index (χ0v) is 17.5. The number of hydroxylamine groups is 2. The number of amides is 4. The minimum absolute atomic E-state index is 0.239. The maximum absolute atomic E-state index is 12.8. The van der Waals surface area contributed by atoms with Gasteiger partial charge in [-0.1, -0.05) is 26.8 Å². The van der Waals surface area contributed by atoms with E-state index in [0.29, 0.717) is 38.0 Å². The second-order valence-electron chi connectivity index (χ2n) is 9.42. The van der Waals surface area contributed by atoms with Crippen molar-refractivity contribution in [2.45, 2.75) is 58.2 Å². The molecule has 3 heterocycles. The Morgan fingerprint density at radius 3 is 2.60 bits per heavy atom. The molecule has 162 valence electrons. The van der Waals surface area contributed by atoms with Gasteiger partial charge < -0.3 is 20.2 Å². The van der Waals surface area contributed by atoms with Gasteiger partial charge in [0.15, 0.2) is 0 Å². The lowest BCUT2D eigenvalue weighted by atomic mass is 9.77. The number of nitrogens with zero attached hydrogens (tertiary/aromatic N) is 3. The summed E-state index contributed by atoms with van der Waals surface area (Å²) in [6.45, 7) is 6.82. The fraction of sp³-hybridized carbons (Fsp3) is 0.571. The van der Waals surface area contributed by atoms with Crippen molar-refractivity contribution in [3.63, 3.8) is 0 Å². The van der Waals surface area contributed by atoms with Gasteiger partial charge in [-0.2, -0.15) is 0 Å². The molecule has 2 bridgehead atoms. The van der Waals surface area contributed by atoms with E-state index in [2.05, 4.69) is 5.32 Å². The van der Waals surface area contributed by atoms with Gasteiger partial charge in [0, 0.05) is 18.8 Å². The Kier molecular flexibility index (Phi) is 4.88. The number of hydrogen-bond donors (Lipinski definition) is 3. The number of urea groups is 1. The number of rotatable bonds is 2. The van der Waals surface area contributed by atoms with E-state index < -0.39 is 18.2 Å². The average Bonchev–Trinajstić information content (AvgIpc) is 2.90. The minimum atomic E-state index is -0.929. The Morgan fingerprint density at radius 2 is 1.93 bits per heavy atom. The van der Waals surface area contributed by atoms with E-state index >= 15 is 0 Å². The van der Waals surface area contributed by atoms with Crippen LogP contribution in [0.15, 0.2) is 18.2 Å². The summed E-state index contributed by atoms with van der Waals surface area (Å²) in [6, 6.07) is 3.95. The molecule has 9 heteroatoms. The summed E-state index contributed by atoms with van der Waals surface area (Å²) in [6.07, 6.45) is 0.734.